The molecule has 1 aromatic carbocycles. The van der Waals surface area contributed by atoms with E-state index in [4.69, 9.17) is 11.6 Å². The molecule has 24 heavy (non-hydrogen) atoms. The Hall–Kier alpha value is -0.760. The number of rotatable bonds is 4. The van der Waals surface area contributed by atoms with Crippen molar-refractivity contribution in [2.45, 2.75) is 17.4 Å². The van der Waals surface area contributed by atoms with Crippen molar-refractivity contribution in [1.82, 2.24) is 9.80 Å². The molecule has 1 aromatic rings. The number of piperazine rings is 1. The molecule has 0 spiro atoms. The van der Waals surface area contributed by atoms with E-state index in [1.165, 1.54) is 11.8 Å². The molecule has 1 amide bonds. The largest absolute Gasteiger partial charge is 0.339 e. The predicted molar refractivity (Wildman–Crippen MR) is 97.4 cm³/mol. The third kappa shape index (κ3) is 4.45. The van der Waals surface area contributed by atoms with E-state index < -0.39 is 9.84 Å². The lowest BCUT2D eigenvalue weighted by Gasteiger charge is -2.37. The van der Waals surface area contributed by atoms with Crippen LogP contribution in [0.2, 0.25) is 5.02 Å². The van der Waals surface area contributed by atoms with Crippen LogP contribution in [0, 0.1) is 0 Å². The number of amides is 1. The molecular weight excluding hydrogens is 368 g/mol. The Morgan fingerprint density at radius 2 is 1.92 bits per heavy atom. The Morgan fingerprint density at radius 3 is 2.54 bits per heavy atom. The minimum atomic E-state index is -2.86. The van der Waals surface area contributed by atoms with Gasteiger partial charge in [-0.15, -0.1) is 11.8 Å². The quantitative estimate of drug-likeness (QED) is 0.736. The van der Waals surface area contributed by atoms with E-state index in [1.54, 1.807) is 0 Å². The van der Waals surface area contributed by atoms with Crippen molar-refractivity contribution in [2.24, 2.45) is 0 Å². The summed E-state index contributed by atoms with van der Waals surface area (Å²) < 4.78 is 23.2. The number of nitrogens with zero attached hydrogens (tertiary/aromatic N) is 2. The van der Waals surface area contributed by atoms with Crippen LogP contribution in [0.1, 0.15) is 6.42 Å². The molecule has 0 N–H and O–H groups in total. The molecule has 0 unspecified atom stereocenters. The Kier molecular flexibility index (Phi) is 5.74. The highest BCUT2D eigenvalue weighted by atomic mass is 35.5. The van der Waals surface area contributed by atoms with E-state index in [1.807, 2.05) is 29.2 Å². The number of sulfone groups is 1. The van der Waals surface area contributed by atoms with Gasteiger partial charge in [0.2, 0.25) is 5.91 Å². The molecule has 0 aromatic heterocycles. The van der Waals surface area contributed by atoms with Crippen molar-refractivity contribution in [2.75, 3.05) is 43.4 Å². The van der Waals surface area contributed by atoms with Crippen LogP contribution in [0.3, 0.4) is 0 Å². The topological polar surface area (TPSA) is 57.7 Å². The molecule has 8 heteroatoms. The highest BCUT2D eigenvalue weighted by Crippen LogP contribution is 2.27. The van der Waals surface area contributed by atoms with E-state index in [0.717, 1.165) is 24.4 Å². The number of hydrogen-bond acceptors (Lipinski definition) is 5. The molecule has 2 aliphatic rings. The Balaban J connectivity index is 1.46. The summed E-state index contributed by atoms with van der Waals surface area (Å²) in [5.74, 6) is 1.05. The molecule has 1 atom stereocenters. The Labute approximate surface area is 152 Å². The fourth-order valence-corrected chi connectivity index (χ4v) is 6.10. The van der Waals surface area contributed by atoms with Gasteiger partial charge in [0, 0.05) is 37.1 Å². The van der Waals surface area contributed by atoms with Crippen LogP contribution in [-0.4, -0.2) is 73.6 Å². The molecule has 2 saturated heterocycles. The third-order valence-electron chi connectivity index (χ3n) is 4.58. The van der Waals surface area contributed by atoms with Crippen LogP contribution in [0.25, 0.3) is 0 Å². The average molecular weight is 389 g/mol. The fourth-order valence-electron chi connectivity index (χ4n) is 3.19. The van der Waals surface area contributed by atoms with E-state index >= 15 is 0 Å². The average Bonchev–Trinajstić information content (AvgIpc) is 2.94. The molecule has 5 nitrogen and oxygen atoms in total. The van der Waals surface area contributed by atoms with Gasteiger partial charge in [-0.25, -0.2) is 8.42 Å². The van der Waals surface area contributed by atoms with Crippen molar-refractivity contribution >= 4 is 39.1 Å². The van der Waals surface area contributed by atoms with Crippen LogP contribution >= 0.6 is 23.4 Å². The fraction of sp³-hybridized carbons (Fsp3) is 0.562. The number of halogens is 1. The summed E-state index contributed by atoms with van der Waals surface area (Å²) in [4.78, 5) is 17.4. The first kappa shape index (κ1) is 18.0. The van der Waals surface area contributed by atoms with Gasteiger partial charge in [0.25, 0.3) is 0 Å². The summed E-state index contributed by atoms with van der Waals surface area (Å²) in [6, 6.07) is 7.65. The van der Waals surface area contributed by atoms with Crippen LogP contribution in [-0.2, 0) is 14.6 Å². The normalized spacial score (nSPS) is 24.2. The molecule has 2 aliphatic heterocycles. The monoisotopic (exact) mass is 388 g/mol. The predicted octanol–water partition coefficient (Wildman–Crippen LogP) is 1.76. The molecule has 0 bridgehead atoms. The molecule has 2 heterocycles. The standard InChI is InChI=1S/C16H21ClN2O3S2/c17-14-3-1-2-4-15(14)23-11-16(20)19-8-6-18(7-9-19)13-5-10-24(21,22)12-13/h1-4,13H,5-12H2/t13-/m0/s1. The SMILES string of the molecule is O=C(CSc1ccccc1Cl)N1CCN([C@H]2CCS(=O)(=O)C2)CC1. The van der Waals surface area contributed by atoms with E-state index in [0.29, 0.717) is 29.6 Å². The van der Waals surface area contributed by atoms with Gasteiger partial charge in [-0.1, -0.05) is 23.7 Å². The second kappa shape index (κ2) is 7.64. The van der Waals surface area contributed by atoms with Gasteiger partial charge in [-0.3, -0.25) is 9.69 Å². The number of carbonyl (C=O) groups excluding carboxylic acids is 1. The summed E-state index contributed by atoms with van der Waals surface area (Å²) in [5, 5.41) is 0.669. The van der Waals surface area contributed by atoms with Gasteiger partial charge in [0.15, 0.2) is 9.84 Å². The number of benzene rings is 1. The molecular formula is C16H21ClN2O3S2. The minimum Gasteiger partial charge on any atom is -0.339 e. The summed E-state index contributed by atoms with van der Waals surface area (Å²) >= 11 is 7.57. The van der Waals surface area contributed by atoms with Gasteiger partial charge in [-0.2, -0.15) is 0 Å². The van der Waals surface area contributed by atoms with Crippen LogP contribution < -0.4 is 0 Å². The lowest BCUT2D eigenvalue weighted by atomic mass is 10.2. The highest BCUT2D eigenvalue weighted by Gasteiger charge is 2.34. The molecule has 0 radical (unpaired) electrons. The first-order chi connectivity index (χ1) is 11.4. The number of carbonyl (C=O) groups is 1. The van der Waals surface area contributed by atoms with E-state index in [2.05, 4.69) is 4.90 Å². The minimum absolute atomic E-state index is 0.110. The molecule has 0 saturated carbocycles. The molecule has 132 valence electrons. The lowest BCUT2D eigenvalue weighted by Crippen LogP contribution is -2.52. The maximum atomic E-state index is 12.4. The zero-order chi connectivity index (χ0) is 17.2. The van der Waals surface area contributed by atoms with Gasteiger partial charge in [0.1, 0.15) is 0 Å². The second-order valence-corrected chi connectivity index (χ2v) is 9.85. The van der Waals surface area contributed by atoms with Crippen molar-refractivity contribution in [3.63, 3.8) is 0 Å². The first-order valence-electron chi connectivity index (χ1n) is 8.04. The lowest BCUT2D eigenvalue weighted by molar-refractivity contribution is -0.130. The summed E-state index contributed by atoms with van der Waals surface area (Å²) in [6.07, 6.45) is 0.721. The second-order valence-electron chi connectivity index (χ2n) is 6.19. The van der Waals surface area contributed by atoms with Crippen molar-refractivity contribution < 1.29 is 13.2 Å². The third-order valence-corrected chi connectivity index (χ3v) is 7.83. The van der Waals surface area contributed by atoms with Gasteiger partial charge < -0.3 is 4.90 Å². The van der Waals surface area contributed by atoms with Gasteiger partial charge in [0.05, 0.1) is 22.3 Å². The van der Waals surface area contributed by atoms with E-state index in [-0.39, 0.29) is 17.7 Å². The number of thioether (sulfide) groups is 1. The summed E-state index contributed by atoms with van der Waals surface area (Å²) in [5.41, 5.74) is 0. The summed E-state index contributed by atoms with van der Waals surface area (Å²) in [7, 11) is -2.86. The van der Waals surface area contributed by atoms with Crippen molar-refractivity contribution in [1.29, 1.82) is 0 Å². The molecule has 2 fully saturated rings. The number of hydrogen-bond donors (Lipinski definition) is 0. The van der Waals surface area contributed by atoms with E-state index in [9.17, 15) is 13.2 Å². The highest BCUT2D eigenvalue weighted by molar-refractivity contribution is 8.00. The molecule has 3 rings (SSSR count). The zero-order valence-electron chi connectivity index (χ0n) is 13.4. The zero-order valence-corrected chi connectivity index (χ0v) is 15.7. The summed E-state index contributed by atoms with van der Waals surface area (Å²) in [6.45, 7) is 2.84. The maximum Gasteiger partial charge on any atom is 0.233 e. The Morgan fingerprint density at radius 1 is 1.21 bits per heavy atom. The van der Waals surface area contributed by atoms with Crippen LogP contribution in [0.15, 0.2) is 29.2 Å². The maximum absolute atomic E-state index is 12.4. The van der Waals surface area contributed by atoms with Gasteiger partial charge >= 0.3 is 0 Å². The Bertz CT molecular complexity index is 703. The van der Waals surface area contributed by atoms with Gasteiger partial charge in [-0.05, 0) is 18.6 Å². The smallest absolute Gasteiger partial charge is 0.233 e. The van der Waals surface area contributed by atoms with Crippen molar-refractivity contribution in [3.8, 4) is 0 Å². The molecule has 0 aliphatic carbocycles. The first-order valence-corrected chi connectivity index (χ1v) is 11.2. The van der Waals surface area contributed by atoms with Crippen molar-refractivity contribution in [3.05, 3.63) is 29.3 Å². The van der Waals surface area contributed by atoms with Crippen LogP contribution in [0.5, 0.6) is 0 Å². The van der Waals surface area contributed by atoms with Crippen LogP contribution in [0.4, 0.5) is 0 Å².